The highest BCUT2D eigenvalue weighted by Gasteiger charge is 2.09. The standard InChI is InChI=1S/C22H20N6/c1-14(2)16-7-5-9-18(24-16)20-11-13-22(28-26-20)21-12-10-19(25-27-21)17-8-4-6-15(3)23-17/h4-14H,1-3H3. The Kier molecular flexibility index (Phi) is 4.85. The van der Waals surface area contributed by atoms with Gasteiger partial charge in [0.1, 0.15) is 22.8 Å². The van der Waals surface area contributed by atoms with Crippen LogP contribution in [0.15, 0.2) is 60.7 Å². The summed E-state index contributed by atoms with van der Waals surface area (Å²) in [5.41, 5.74) is 6.40. The molecular weight excluding hydrogens is 348 g/mol. The van der Waals surface area contributed by atoms with Crippen LogP contribution >= 0.6 is 0 Å². The van der Waals surface area contributed by atoms with Gasteiger partial charge >= 0.3 is 0 Å². The molecule has 0 unspecified atom stereocenters. The first-order valence-corrected chi connectivity index (χ1v) is 9.19. The molecule has 4 aromatic heterocycles. The molecular formula is C22H20N6. The van der Waals surface area contributed by atoms with E-state index in [0.29, 0.717) is 17.3 Å². The number of nitrogens with zero attached hydrogens (tertiary/aromatic N) is 6. The molecule has 4 aromatic rings. The van der Waals surface area contributed by atoms with Gasteiger partial charge in [0.25, 0.3) is 0 Å². The summed E-state index contributed by atoms with van der Waals surface area (Å²) in [4.78, 5) is 9.13. The summed E-state index contributed by atoms with van der Waals surface area (Å²) in [5.74, 6) is 0.365. The number of aryl methyl sites for hydroxylation is 1. The van der Waals surface area contributed by atoms with E-state index < -0.39 is 0 Å². The van der Waals surface area contributed by atoms with Crippen LogP contribution in [0.25, 0.3) is 34.2 Å². The predicted molar refractivity (Wildman–Crippen MR) is 108 cm³/mol. The van der Waals surface area contributed by atoms with Crippen molar-refractivity contribution in [2.75, 3.05) is 0 Å². The zero-order valence-electron chi connectivity index (χ0n) is 16.0. The third kappa shape index (κ3) is 3.76. The normalized spacial score (nSPS) is 11.0. The first kappa shape index (κ1) is 17.9. The highest BCUT2D eigenvalue weighted by atomic mass is 15.2. The summed E-state index contributed by atoms with van der Waals surface area (Å²) < 4.78 is 0. The number of rotatable bonds is 4. The van der Waals surface area contributed by atoms with E-state index in [0.717, 1.165) is 34.2 Å². The lowest BCUT2D eigenvalue weighted by atomic mass is 10.1. The number of hydrogen-bond donors (Lipinski definition) is 0. The lowest BCUT2D eigenvalue weighted by molar-refractivity contribution is 0.823. The molecule has 0 fully saturated rings. The van der Waals surface area contributed by atoms with Gasteiger partial charge in [-0.15, -0.1) is 20.4 Å². The Morgan fingerprint density at radius 2 is 1.00 bits per heavy atom. The van der Waals surface area contributed by atoms with Crippen molar-refractivity contribution in [3.8, 4) is 34.2 Å². The minimum atomic E-state index is 0.365. The number of hydrogen-bond acceptors (Lipinski definition) is 6. The van der Waals surface area contributed by atoms with Crippen LogP contribution in [0.5, 0.6) is 0 Å². The van der Waals surface area contributed by atoms with Crippen LogP contribution in [0.4, 0.5) is 0 Å². The van der Waals surface area contributed by atoms with Gasteiger partial charge in [-0.25, -0.2) is 0 Å². The molecule has 0 aromatic carbocycles. The number of pyridine rings is 2. The molecule has 4 heterocycles. The van der Waals surface area contributed by atoms with Gasteiger partial charge in [-0.1, -0.05) is 26.0 Å². The molecule has 0 aliphatic rings. The smallest absolute Gasteiger partial charge is 0.113 e. The molecule has 0 atom stereocenters. The largest absolute Gasteiger partial charge is 0.251 e. The van der Waals surface area contributed by atoms with E-state index in [4.69, 9.17) is 0 Å². The van der Waals surface area contributed by atoms with Gasteiger partial charge in [-0.2, -0.15) is 0 Å². The van der Waals surface area contributed by atoms with Crippen LogP contribution in [0, 0.1) is 6.92 Å². The zero-order chi connectivity index (χ0) is 19.5. The molecule has 0 aliphatic carbocycles. The molecule has 6 heteroatoms. The van der Waals surface area contributed by atoms with Crippen molar-refractivity contribution in [3.63, 3.8) is 0 Å². The first-order chi connectivity index (χ1) is 13.6. The maximum Gasteiger partial charge on any atom is 0.113 e. The van der Waals surface area contributed by atoms with Gasteiger partial charge in [0.2, 0.25) is 0 Å². The van der Waals surface area contributed by atoms with E-state index in [1.807, 2.05) is 67.6 Å². The van der Waals surface area contributed by atoms with Crippen molar-refractivity contribution in [3.05, 3.63) is 72.1 Å². The molecule has 0 aliphatic heterocycles. The van der Waals surface area contributed by atoms with Crippen LogP contribution in [-0.2, 0) is 0 Å². The topological polar surface area (TPSA) is 77.3 Å². The van der Waals surface area contributed by atoms with Gasteiger partial charge in [0.05, 0.1) is 11.4 Å². The fourth-order valence-electron chi connectivity index (χ4n) is 2.81. The van der Waals surface area contributed by atoms with Crippen molar-refractivity contribution >= 4 is 0 Å². The van der Waals surface area contributed by atoms with E-state index in [9.17, 15) is 0 Å². The molecule has 0 saturated heterocycles. The van der Waals surface area contributed by atoms with Crippen LogP contribution in [0.1, 0.15) is 31.2 Å². The van der Waals surface area contributed by atoms with Gasteiger partial charge in [-0.05, 0) is 61.4 Å². The molecule has 138 valence electrons. The summed E-state index contributed by atoms with van der Waals surface area (Å²) in [6, 6.07) is 19.4. The van der Waals surface area contributed by atoms with Crippen LogP contribution in [0.3, 0.4) is 0 Å². The average molecular weight is 368 g/mol. The molecule has 0 saturated carbocycles. The molecule has 28 heavy (non-hydrogen) atoms. The maximum absolute atomic E-state index is 4.66. The van der Waals surface area contributed by atoms with E-state index in [2.05, 4.69) is 44.2 Å². The summed E-state index contributed by atoms with van der Waals surface area (Å²) in [6.07, 6.45) is 0. The Labute approximate surface area is 163 Å². The van der Waals surface area contributed by atoms with Gasteiger partial charge < -0.3 is 0 Å². The Balaban J connectivity index is 1.58. The van der Waals surface area contributed by atoms with Crippen LogP contribution < -0.4 is 0 Å². The summed E-state index contributed by atoms with van der Waals surface area (Å²) in [6.45, 7) is 6.19. The molecule has 6 nitrogen and oxygen atoms in total. The maximum atomic E-state index is 4.66. The quantitative estimate of drug-likeness (QED) is 0.528. The average Bonchev–Trinajstić information content (AvgIpc) is 2.74. The Bertz CT molecular complexity index is 1090. The highest BCUT2D eigenvalue weighted by molar-refractivity contribution is 5.61. The number of aromatic nitrogens is 6. The molecule has 0 amide bonds. The Morgan fingerprint density at radius 1 is 0.536 bits per heavy atom. The third-order valence-corrected chi connectivity index (χ3v) is 4.37. The minimum absolute atomic E-state index is 0.365. The van der Waals surface area contributed by atoms with E-state index in [-0.39, 0.29) is 0 Å². The zero-order valence-corrected chi connectivity index (χ0v) is 16.0. The first-order valence-electron chi connectivity index (χ1n) is 9.19. The molecule has 0 radical (unpaired) electrons. The van der Waals surface area contributed by atoms with E-state index in [1.54, 1.807) is 0 Å². The monoisotopic (exact) mass is 368 g/mol. The summed E-state index contributed by atoms with van der Waals surface area (Å²) in [7, 11) is 0. The second-order valence-electron chi connectivity index (χ2n) is 6.87. The second kappa shape index (κ2) is 7.60. The van der Waals surface area contributed by atoms with Crippen LogP contribution in [0.2, 0.25) is 0 Å². The second-order valence-corrected chi connectivity index (χ2v) is 6.87. The Hall–Kier alpha value is -3.54. The Morgan fingerprint density at radius 3 is 1.46 bits per heavy atom. The van der Waals surface area contributed by atoms with Gasteiger partial charge in [-0.3, -0.25) is 9.97 Å². The highest BCUT2D eigenvalue weighted by Crippen LogP contribution is 2.21. The lowest BCUT2D eigenvalue weighted by Crippen LogP contribution is -1.98. The summed E-state index contributed by atoms with van der Waals surface area (Å²) >= 11 is 0. The predicted octanol–water partition coefficient (Wildman–Crippen LogP) is 4.49. The molecule has 4 rings (SSSR count). The van der Waals surface area contributed by atoms with Gasteiger partial charge in [0.15, 0.2) is 0 Å². The van der Waals surface area contributed by atoms with Crippen LogP contribution in [-0.4, -0.2) is 30.4 Å². The molecule has 0 spiro atoms. The molecule has 0 bridgehead atoms. The summed E-state index contributed by atoms with van der Waals surface area (Å²) in [5, 5.41) is 17.2. The van der Waals surface area contributed by atoms with E-state index in [1.165, 1.54) is 0 Å². The SMILES string of the molecule is Cc1cccc(-c2ccc(-c3ccc(-c4cccc(C(C)C)n4)nn3)nn2)n1. The fraction of sp³-hybridized carbons (Fsp3) is 0.182. The van der Waals surface area contributed by atoms with Crippen molar-refractivity contribution in [1.82, 2.24) is 30.4 Å². The van der Waals surface area contributed by atoms with Crippen molar-refractivity contribution in [1.29, 1.82) is 0 Å². The van der Waals surface area contributed by atoms with Crippen molar-refractivity contribution in [2.24, 2.45) is 0 Å². The van der Waals surface area contributed by atoms with Crippen molar-refractivity contribution in [2.45, 2.75) is 26.7 Å². The lowest BCUT2D eigenvalue weighted by Gasteiger charge is -2.07. The molecule has 0 N–H and O–H groups in total. The van der Waals surface area contributed by atoms with Gasteiger partial charge in [0, 0.05) is 11.4 Å². The third-order valence-electron chi connectivity index (χ3n) is 4.37. The van der Waals surface area contributed by atoms with Crippen molar-refractivity contribution < 1.29 is 0 Å². The fourth-order valence-corrected chi connectivity index (χ4v) is 2.81. The van der Waals surface area contributed by atoms with E-state index >= 15 is 0 Å². The minimum Gasteiger partial charge on any atom is -0.251 e.